The van der Waals surface area contributed by atoms with Gasteiger partial charge in [-0.1, -0.05) is 76.6 Å². The fourth-order valence-electron chi connectivity index (χ4n) is 5.10. The highest BCUT2D eigenvalue weighted by atomic mass is 14.3. The summed E-state index contributed by atoms with van der Waals surface area (Å²) in [4.78, 5) is 0. The molecule has 0 amide bonds. The lowest BCUT2D eigenvalue weighted by Crippen LogP contribution is -2.14. The van der Waals surface area contributed by atoms with Gasteiger partial charge in [-0.05, 0) is 73.3 Å². The zero-order chi connectivity index (χ0) is 16.8. The smallest absolute Gasteiger partial charge is 0.0162 e. The van der Waals surface area contributed by atoms with Crippen molar-refractivity contribution in [2.24, 2.45) is 11.8 Å². The first-order chi connectivity index (χ1) is 11.8. The Kier molecular flexibility index (Phi) is 6.81. The Bertz CT molecular complexity index is 455. The van der Waals surface area contributed by atoms with E-state index in [9.17, 15) is 0 Å². The first-order valence-electron chi connectivity index (χ1n) is 10.9. The molecule has 0 N–H and O–H groups in total. The molecule has 0 radical (unpaired) electrons. The van der Waals surface area contributed by atoms with Gasteiger partial charge in [0.1, 0.15) is 0 Å². The van der Waals surface area contributed by atoms with Crippen LogP contribution < -0.4 is 0 Å². The molecule has 0 aromatic heterocycles. The van der Waals surface area contributed by atoms with Crippen LogP contribution in [0.2, 0.25) is 0 Å². The van der Waals surface area contributed by atoms with Crippen molar-refractivity contribution < 1.29 is 0 Å². The summed E-state index contributed by atoms with van der Waals surface area (Å²) in [5.41, 5.74) is 3.23. The van der Waals surface area contributed by atoms with E-state index in [1.54, 1.807) is 11.1 Å². The summed E-state index contributed by atoms with van der Waals surface area (Å²) >= 11 is 0. The highest BCUT2D eigenvalue weighted by Crippen LogP contribution is 2.39. The second-order valence-electron chi connectivity index (χ2n) is 8.84. The van der Waals surface area contributed by atoms with E-state index in [1.807, 2.05) is 0 Å². The largest absolute Gasteiger partial charge is 0.0654 e. The maximum absolute atomic E-state index is 2.47. The average molecular weight is 327 g/mol. The quantitative estimate of drug-likeness (QED) is 0.467. The molecule has 134 valence electrons. The lowest BCUT2D eigenvalue weighted by Gasteiger charge is -2.30. The van der Waals surface area contributed by atoms with Gasteiger partial charge in [-0.25, -0.2) is 0 Å². The van der Waals surface area contributed by atoms with E-state index in [1.165, 1.54) is 77.0 Å². The highest BCUT2D eigenvalue weighted by Gasteiger charge is 2.23. The number of unbranched alkanes of at least 4 members (excludes halogenated alkanes) is 2. The van der Waals surface area contributed by atoms with Crippen LogP contribution >= 0.6 is 0 Å². The van der Waals surface area contributed by atoms with Crippen LogP contribution in [-0.2, 0) is 0 Å². The van der Waals surface area contributed by atoms with Gasteiger partial charge < -0.3 is 0 Å². The van der Waals surface area contributed by atoms with Crippen LogP contribution in [0.1, 0.15) is 114 Å². The van der Waals surface area contributed by atoms with Crippen molar-refractivity contribution in [3.8, 4) is 0 Å². The van der Waals surface area contributed by atoms with E-state index >= 15 is 0 Å². The first kappa shape index (κ1) is 18.0. The van der Waals surface area contributed by atoms with Crippen molar-refractivity contribution in [2.75, 3.05) is 0 Å². The zero-order valence-electron chi connectivity index (χ0n) is 16.1. The highest BCUT2D eigenvalue weighted by molar-refractivity contribution is 5.28. The van der Waals surface area contributed by atoms with Crippen LogP contribution in [0.15, 0.2) is 24.3 Å². The summed E-state index contributed by atoms with van der Waals surface area (Å²) < 4.78 is 0. The third-order valence-corrected chi connectivity index (χ3v) is 6.96. The van der Waals surface area contributed by atoms with Crippen molar-refractivity contribution in [1.29, 1.82) is 0 Å². The molecule has 3 rings (SSSR count). The van der Waals surface area contributed by atoms with Crippen molar-refractivity contribution in [2.45, 2.75) is 103 Å². The zero-order valence-corrected chi connectivity index (χ0v) is 16.1. The second kappa shape index (κ2) is 9.07. The molecule has 24 heavy (non-hydrogen) atoms. The Morgan fingerprint density at radius 2 is 1.21 bits per heavy atom. The van der Waals surface area contributed by atoms with Gasteiger partial charge in [0.2, 0.25) is 0 Å². The Labute approximate surface area is 150 Å². The standard InChI is InChI=1S/C24H38/c1-3-4-5-6-20-9-13-22(14-10-20)24-17-15-23(16-18-24)21-11-7-19(2)8-12-21/h15-22H,3-14H2,1-2H3. The fraction of sp³-hybridized carbons (Fsp3) is 0.750. The molecule has 0 bridgehead atoms. The predicted molar refractivity (Wildman–Crippen MR) is 106 cm³/mol. The van der Waals surface area contributed by atoms with Crippen molar-refractivity contribution >= 4 is 0 Å². The minimum atomic E-state index is 0.838. The summed E-state index contributed by atoms with van der Waals surface area (Å²) in [6.45, 7) is 4.73. The van der Waals surface area contributed by atoms with Crippen LogP contribution in [0.25, 0.3) is 0 Å². The Morgan fingerprint density at radius 3 is 1.71 bits per heavy atom. The molecule has 0 saturated heterocycles. The molecule has 1 aromatic carbocycles. The van der Waals surface area contributed by atoms with Gasteiger partial charge in [-0.3, -0.25) is 0 Å². The number of hydrogen-bond donors (Lipinski definition) is 0. The molecule has 2 saturated carbocycles. The van der Waals surface area contributed by atoms with E-state index in [-0.39, 0.29) is 0 Å². The van der Waals surface area contributed by atoms with E-state index in [4.69, 9.17) is 0 Å². The Morgan fingerprint density at radius 1 is 0.708 bits per heavy atom. The third-order valence-electron chi connectivity index (χ3n) is 6.96. The lowest BCUT2D eigenvalue weighted by atomic mass is 9.76. The van der Waals surface area contributed by atoms with Crippen LogP contribution in [-0.4, -0.2) is 0 Å². The Balaban J connectivity index is 1.48. The lowest BCUT2D eigenvalue weighted by molar-refractivity contribution is 0.302. The van der Waals surface area contributed by atoms with Crippen LogP contribution in [0, 0.1) is 11.8 Å². The summed E-state index contributed by atoms with van der Waals surface area (Å²) in [6.07, 6.45) is 17.2. The SMILES string of the molecule is CCCCCC1CCC(c2ccc(C3CCC(C)CC3)cc2)CC1. The minimum absolute atomic E-state index is 0.838. The van der Waals surface area contributed by atoms with Crippen molar-refractivity contribution in [1.82, 2.24) is 0 Å². The number of benzene rings is 1. The van der Waals surface area contributed by atoms with Gasteiger partial charge in [0.25, 0.3) is 0 Å². The second-order valence-corrected chi connectivity index (χ2v) is 8.84. The van der Waals surface area contributed by atoms with Gasteiger partial charge >= 0.3 is 0 Å². The van der Waals surface area contributed by atoms with Crippen LogP contribution in [0.4, 0.5) is 0 Å². The molecular formula is C24H38. The minimum Gasteiger partial charge on any atom is -0.0654 e. The van der Waals surface area contributed by atoms with Gasteiger partial charge in [-0.2, -0.15) is 0 Å². The summed E-state index contributed by atoms with van der Waals surface area (Å²) in [7, 11) is 0. The maximum Gasteiger partial charge on any atom is -0.0162 e. The van der Waals surface area contributed by atoms with E-state index in [2.05, 4.69) is 38.1 Å². The molecule has 1 aromatic rings. The molecule has 2 fully saturated rings. The van der Waals surface area contributed by atoms with Gasteiger partial charge in [0.15, 0.2) is 0 Å². The van der Waals surface area contributed by atoms with E-state index < -0.39 is 0 Å². The van der Waals surface area contributed by atoms with Gasteiger partial charge in [-0.15, -0.1) is 0 Å². The third kappa shape index (κ3) is 4.87. The predicted octanol–water partition coefficient (Wildman–Crippen LogP) is 7.83. The first-order valence-corrected chi connectivity index (χ1v) is 10.9. The summed E-state index contributed by atoms with van der Waals surface area (Å²) in [6, 6.07) is 9.86. The van der Waals surface area contributed by atoms with E-state index in [0.29, 0.717) is 0 Å². The molecule has 2 aliphatic carbocycles. The molecule has 0 heterocycles. The molecule has 0 aliphatic heterocycles. The van der Waals surface area contributed by atoms with Crippen LogP contribution in [0.3, 0.4) is 0 Å². The van der Waals surface area contributed by atoms with Gasteiger partial charge in [0.05, 0.1) is 0 Å². The monoisotopic (exact) mass is 326 g/mol. The maximum atomic E-state index is 2.47. The van der Waals surface area contributed by atoms with Crippen molar-refractivity contribution in [3.05, 3.63) is 35.4 Å². The molecule has 0 atom stereocenters. The fourth-order valence-corrected chi connectivity index (χ4v) is 5.10. The van der Waals surface area contributed by atoms with E-state index in [0.717, 1.165) is 23.7 Å². The molecule has 0 unspecified atom stereocenters. The molecule has 0 heteroatoms. The Hall–Kier alpha value is -0.780. The molecule has 2 aliphatic rings. The summed E-state index contributed by atoms with van der Waals surface area (Å²) in [5.74, 6) is 3.65. The normalized spacial score (nSPS) is 31.1. The topological polar surface area (TPSA) is 0 Å². The number of hydrogen-bond acceptors (Lipinski definition) is 0. The molecular weight excluding hydrogens is 288 g/mol. The number of rotatable bonds is 6. The van der Waals surface area contributed by atoms with Gasteiger partial charge in [0, 0.05) is 0 Å². The molecule has 0 spiro atoms. The average Bonchev–Trinajstić information content (AvgIpc) is 2.63. The molecule has 0 nitrogen and oxygen atoms in total. The van der Waals surface area contributed by atoms with Crippen LogP contribution in [0.5, 0.6) is 0 Å². The summed E-state index contributed by atoms with van der Waals surface area (Å²) in [5, 5.41) is 0. The van der Waals surface area contributed by atoms with Crippen molar-refractivity contribution in [3.63, 3.8) is 0 Å².